The molecule has 0 bridgehead atoms. The number of hydrogen-bond donors (Lipinski definition) is 0. The van der Waals surface area contributed by atoms with E-state index >= 15 is 0 Å². The molecular weight excluding hydrogens is 258 g/mol. The third kappa shape index (κ3) is 2.11. The summed E-state index contributed by atoms with van der Waals surface area (Å²) in [6.45, 7) is 3.71. The van der Waals surface area contributed by atoms with Gasteiger partial charge in [0.05, 0.1) is 5.52 Å². The molecule has 2 aromatic rings. The predicted octanol–water partition coefficient (Wildman–Crippen LogP) is 0.563. The SMILES string of the molecule is CC(=O)N1CCN(C(=O)n2nnc3ccccc32)CC1. The highest BCUT2D eigenvalue weighted by Gasteiger charge is 2.24. The minimum absolute atomic E-state index is 0.0447. The molecule has 0 radical (unpaired) electrons. The van der Waals surface area contributed by atoms with Crippen molar-refractivity contribution in [3.63, 3.8) is 0 Å². The highest BCUT2D eigenvalue weighted by atomic mass is 16.2. The van der Waals surface area contributed by atoms with Crippen LogP contribution in [0.5, 0.6) is 0 Å². The normalized spacial score (nSPS) is 15.7. The summed E-state index contributed by atoms with van der Waals surface area (Å²) in [5, 5.41) is 7.90. The molecule has 20 heavy (non-hydrogen) atoms. The molecule has 3 rings (SSSR count). The Morgan fingerprint density at radius 1 is 1.05 bits per heavy atom. The molecule has 1 saturated heterocycles. The first-order chi connectivity index (χ1) is 9.66. The number of rotatable bonds is 0. The number of carbonyl (C=O) groups is 2. The Morgan fingerprint density at radius 2 is 1.70 bits per heavy atom. The van der Waals surface area contributed by atoms with Crippen LogP contribution in [0.4, 0.5) is 4.79 Å². The van der Waals surface area contributed by atoms with Gasteiger partial charge in [0, 0.05) is 33.1 Å². The average Bonchev–Trinajstić information content (AvgIpc) is 2.90. The summed E-state index contributed by atoms with van der Waals surface area (Å²) in [5.41, 5.74) is 1.40. The lowest BCUT2D eigenvalue weighted by atomic mass is 10.3. The molecule has 1 aromatic carbocycles. The second-order valence-electron chi connectivity index (χ2n) is 4.77. The molecule has 1 aliphatic heterocycles. The van der Waals surface area contributed by atoms with Gasteiger partial charge in [0.25, 0.3) is 0 Å². The van der Waals surface area contributed by atoms with Crippen molar-refractivity contribution in [2.75, 3.05) is 26.2 Å². The van der Waals surface area contributed by atoms with Gasteiger partial charge in [0.1, 0.15) is 5.52 Å². The molecule has 2 heterocycles. The van der Waals surface area contributed by atoms with Crippen molar-refractivity contribution in [2.24, 2.45) is 0 Å². The number of piperazine rings is 1. The number of aromatic nitrogens is 3. The number of carbonyl (C=O) groups excluding carboxylic acids is 2. The van der Waals surface area contributed by atoms with Crippen LogP contribution in [0.2, 0.25) is 0 Å². The number of benzene rings is 1. The fraction of sp³-hybridized carbons (Fsp3) is 0.385. The summed E-state index contributed by atoms with van der Waals surface area (Å²) >= 11 is 0. The van der Waals surface area contributed by atoms with Crippen LogP contribution in [0, 0.1) is 0 Å². The van der Waals surface area contributed by atoms with Crippen molar-refractivity contribution in [1.82, 2.24) is 24.8 Å². The van der Waals surface area contributed by atoms with E-state index in [1.165, 1.54) is 4.68 Å². The largest absolute Gasteiger partial charge is 0.346 e. The van der Waals surface area contributed by atoms with Crippen molar-refractivity contribution in [2.45, 2.75) is 6.92 Å². The maximum Gasteiger partial charge on any atom is 0.346 e. The zero-order chi connectivity index (χ0) is 14.1. The van der Waals surface area contributed by atoms with E-state index in [1.807, 2.05) is 24.3 Å². The second kappa shape index (κ2) is 4.92. The first kappa shape index (κ1) is 12.6. The van der Waals surface area contributed by atoms with Crippen LogP contribution < -0.4 is 0 Å². The van der Waals surface area contributed by atoms with Gasteiger partial charge < -0.3 is 9.80 Å². The number of para-hydroxylation sites is 1. The van der Waals surface area contributed by atoms with Gasteiger partial charge >= 0.3 is 6.03 Å². The molecule has 1 aliphatic rings. The van der Waals surface area contributed by atoms with E-state index in [1.54, 1.807) is 16.7 Å². The van der Waals surface area contributed by atoms with Gasteiger partial charge in [-0.25, -0.2) is 4.79 Å². The van der Waals surface area contributed by atoms with Crippen LogP contribution in [-0.2, 0) is 4.79 Å². The van der Waals surface area contributed by atoms with Crippen LogP contribution in [0.1, 0.15) is 6.92 Å². The third-order valence-electron chi connectivity index (χ3n) is 3.53. The minimum Gasteiger partial charge on any atom is -0.339 e. The van der Waals surface area contributed by atoms with E-state index in [4.69, 9.17) is 0 Å². The Bertz CT molecular complexity index is 658. The number of nitrogens with zero attached hydrogens (tertiary/aromatic N) is 5. The molecule has 2 amide bonds. The Hall–Kier alpha value is -2.44. The molecule has 7 nitrogen and oxygen atoms in total. The standard InChI is InChI=1S/C13H15N5O2/c1-10(19)16-6-8-17(9-7-16)13(20)18-12-5-3-2-4-11(12)14-15-18/h2-5H,6-9H2,1H3. The minimum atomic E-state index is -0.193. The monoisotopic (exact) mass is 273 g/mol. The quantitative estimate of drug-likeness (QED) is 0.703. The Morgan fingerprint density at radius 3 is 2.40 bits per heavy atom. The number of amides is 2. The molecule has 104 valence electrons. The molecular formula is C13H15N5O2. The summed E-state index contributed by atoms with van der Waals surface area (Å²) in [7, 11) is 0. The zero-order valence-electron chi connectivity index (χ0n) is 11.2. The summed E-state index contributed by atoms with van der Waals surface area (Å²) < 4.78 is 1.32. The lowest BCUT2D eigenvalue weighted by Gasteiger charge is -2.33. The maximum atomic E-state index is 12.4. The zero-order valence-corrected chi connectivity index (χ0v) is 11.2. The van der Waals surface area contributed by atoms with E-state index in [2.05, 4.69) is 10.3 Å². The summed E-state index contributed by atoms with van der Waals surface area (Å²) in [5.74, 6) is 0.0447. The molecule has 1 fully saturated rings. The number of fused-ring (bicyclic) bond motifs is 1. The first-order valence-corrected chi connectivity index (χ1v) is 6.52. The molecule has 0 unspecified atom stereocenters. The molecule has 0 aliphatic carbocycles. The van der Waals surface area contributed by atoms with Gasteiger partial charge in [-0.2, -0.15) is 4.68 Å². The average molecular weight is 273 g/mol. The Balaban J connectivity index is 1.78. The lowest BCUT2D eigenvalue weighted by molar-refractivity contribution is -0.130. The molecule has 0 saturated carbocycles. The fourth-order valence-electron chi connectivity index (χ4n) is 2.36. The molecule has 0 N–H and O–H groups in total. The summed E-state index contributed by atoms with van der Waals surface area (Å²) in [6, 6.07) is 7.15. The Kier molecular flexibility index (Phi) is 3.09. The van der Waals surface area contributed by atoms with Crippen LogP contribution in [0.15, 0.2) is 24.3 Å². The van der Waals surface area contributed by atoms with Crippen molar-refractivity contribution in [1.29, 1.82) is 0 Å². The van der Waals surface area contributed by atoms with Crippen LogP contribution in [0.25, 0.3) is 11.0 Å². The highest BCUT2D eigenvalue weighted by molar-refractivity contribution is 5.87. The topological polar surface area (TPSA) is 71.3 Å². The lowest BCUT2D eigenvalue weighted by Crippen LogP contribution is -2.51. The van der Waals surface area contributed by atoms with Crippen molar-refractivity contribution >= 4 is 23.0 Å². The van der Waals surface area contributed by atoms with E-state index < -0.39 is 0 Å². The predicted molar refractivity (Wildman–Crippen MR) is 72.1 cm³/mol. The fourth-order valence-corrected chi connectivity index (χ4v) is 2.36. The smallest absolute Gasteiger partial charge is 0.339 e. The van der Waals surface area contributed by atoms with Gasteiger partial charge in [-0.3, -0.25) is 4.79 Å². The molecule has 1 aromatic heterocycles. The molecule has 0 atom stereocenters. The van der Waals surface area contributed by atoms with E-state index in [-0.39, 0.29) is 11.9 Å². The van der Waals surface area contributed by atoms with Gasteiger partial charge in [-0.05, 0) is 12.1 Å². The van der Waals surface area contributed by atoms with Gasteiger partial charge in [0.15, 0.2) is 0 Å². The second-order valence-corrected chi connectivity index (χ2v) is 4.77. The van der Waals surface area contributed by atoms with Gasteiger partial charge in [-0.1, -0.05) is 17.3 Å². The maximum absolute atomic E-state index is 12.4. The highest BCUT2D eigenvalue weighted by Crippen LogP contribution is 2.12. The van der Waals surface area contributed by atoms with Crippen molar-refractivity contribution in [3.8, 4) is 0 Å². The molecule has 0 spiro atoms. The Labute approximate surface area is 115 Å². The van der Waals surface area contributed by atoms with Crippen LogP contribution in [-0.4, -0.2) is 62.9 Å². The van der Waals surface area contributed by atoms with E-state index in [0.717, 1.165) is 0 Å². The summed E-state index contributed by atoms with van der Waals surface area (Å²) in [6.07, 6.45) is 0. The van der Waals surface area contributed by atoms with E-state index in [9.17, 15) is 9.59 Å². The van der Waals surface area contributed by atoms with E-state index in [0.29, 0.717) is 37.2 Å². The number of hydrogen-bond acceptors (Lipinski definition) is 4. The van der Waals surface area contributed by atoms with Crippen LogP contribution >= 0.6 is 0 Å². The van der Waals surface area contributed by atoms with Gasteiger partial charge in [0.2, 0.25) is 5.91 Å². The first-order valence-electron chi connectivity index (χ1n) is 6.52. The molecule has 7 heteroatoms. The van der Waals surface area contributed by atoms with Crippen molar-refractivity contribution in [3.05, 3.63) is 24.3 Å². The van der Waals surface area contributed by atoms with Crippen molar-refractivity contribution < 1.29 is 9.59 Å². The van der Waals surface area contributed by atoms with Crippen LogP contribution in [0.3, 0.4) is 0 Å². The van der Waals surface area contributed by atoms with Gasteiger partial charge in [-0.15, -0.1) is 5.10 Å². The summed E-state index contributed by atoms with van der Waals surface area (Å²) in [4.78, 5) is 27.1. The third-order valence-corrected chi connectivity index (χ3v) is 3.53.